The van der Waals surface area contributed by atoms with Crippen molar-refractivity contribution >= 4 is 14.1 Å². The van der Waals surface area contributed by atoms with Crippen LogP contribution >= 0.6 is 0 Å². The van der Waals surface area contributed by atoms with Gasteiger partial charge >= 0.3 is 6.03 Å². The number of urea groups is 1. The highest BCUT2D eigenvalue weighted by molar-refractivity contribution is 6.76. The van der Waals surface area contributed by atoms with Crippen molar-refractivity contribution < 1.29 is 14.3 Å². The number of carbonyl (C=O) groups excluding carboxylic acids is 1. The van der Waals surface area contributed by atoms with Crippen LogP contribution in [0.3, 0.4) is 0 Å². The van der Waals surface area contributed by atoms with E-state index in [1.54, 1.807) is 0 Å². The molecule has 1 aromatic heterocycles. The lowest BCUT2D eigenvalue weighted by molar-refractivity contribution is -0.0248. The molecule has 0 spiro atoms. The first-order chi connectivity index (χ1) is 16.7. The van der Waals surface area contributed by atoms with E-state index in [0.29, 0.717) is 26.0 Å². The predicted molar refractivity (Wildman–Crippen MR) is 144 cm³/mol. The maximum atomic E-state index is 13.0. The average molecular weight is 507 g/mol. The van der Waals surface area contributed by atoms with Gasteiger partial charge in [-0.2, -0.15) is 5.10 Å². The second-order valence-electron chi connectivity index (χ2n) is 12.1. The predicted octanol–water partition coefficient (Wildman–Crippen LogP) is 5.70. The summed E-state index contributed by atoms with van der Waals surface area (Å²) in [4.78, 5) is 15.0. The minimum Gasteiger partial charge on any atom is -0.376 e. The maximum Gasteiger partial charge on any atom is 0.317 e. The molecule has 1 saturated carbocycles. The number of amides is 2. The van der Waals surface area contributed by atoms with Crippen LogP contribution in [0.5, 0.6) is 0 Å². The van der Waals surface area contributed by atoms with Crippen LogP contribution in [0.2, 0.25) is 25.7 Å². The maximum absolute atomic E-state index is 13.0. The van der Waals surface area contributed by atoms with Gasteiger partial charge in [-0.1, -0.05) is 33.5 Å². The van der Waals surface area contributed by atoms with E-state index < -0.39 is 8.07 Å². The summed E-state index contributed by atoms with van der Waals surface area (Å²) in [5, 5.41) is 7.61. The first-order valence-electron chi connectivity index (χ1n) is 13.9. The molecule has 0 radical (unpaired) electrons. The Kier molecular flexibility index (Phi) is 10.7. The van der Waals surface area contributed by atoms with E-state index in [4.69, 9.17) is 9.47 Å². The summed E-state index contributed by atoms with van der Waals surface area (Å²) in [5.74, 6) is 1.76. The minimum absolute atomic E-state index is 0.00977. The van der Waals surface area contributed by atoms with Gasteiger partial charge < -0.3 is 19.7 Å². The third-order valence-electron chi connectivity index (χ3n) is 7.87. The summed E-state index contributed by atoms with van der Waals surface area (Å²) in [6, 6.07) is 3.28. The molecule has 1 aromatic rings. The summed E-state index contributed by atoms with van der Waals surface area (Å²) in [6.45, 7) is 17.0. The van der Waals surface area contributed by atoms with Crippen molar-refractivity contribution in [3.8, 4) is 0 Å². The molecule has 1 N–H and O–H groups in total. The molecule has 2 atom stereocenters. The molecule has 8 heteroatoms. The zero-order chi connectivity index (χ0) is 25.4. The topological polar surface area (TPSA) is 68.6 Å². The van der Waals surface area contributed by atoms with Gasteiger partial charge in [0, 0.05) is 45.6 Å². The molecule has 1 aliphatic carbocycles. The summed E-state index contributed by atoms with van der Waals surface area (Å²) >= 11 is 0. The Balaban J connectivity index is 1.68. The van der Waals surface area contributed by atoms with Crippen LogP contribution in [0, 0.1) is 11.8 Å². The summed E-state index contributed by atoms with van der Waals surface area (Å²) in [7, 11) is -1.13. The highest BCUT2D eigenvalue weighted by Crippen LogP contribution is 2.35. The Labute approximate surface area is 214 Å². The SMILES string of the molecule is CCNC(=O)N1CCC[C@H](c2ccnn2COCC[Si](C)(C)C)C1COC1CCC(C(C)C)CC1. The molecular weight excluding hydrogens is 456 g/mol. The van der Waals surface area contributed by atoms with Crippen molar-refractivity contribution in [1.29, 1.82) is 0 Å². The largest absolute Gasteiger partial charge is 0.376 e. The zero-order valence-corrected chi connectivity index (χ0v) is 24.1. The van der Waals surface area contributed by atoms with Gasteiger partial charge in [-0.25, -0.2) is 9.48 Å². The number of rotatable bonds is 11. The second-order valence-corrected chi connectivity index (χ2v) is 17.7. The van der Waals surface area contributed by atoms with Crippen molar-refractivity contribution in [3.05, 3.63) is 18.0 Å². The lowest BCUT2D eigenvalue weighted by Crippen LogP contribution is -2.54. The second kappa shape index (κ2) is 13.2. The van der Waals surface area contributed by atoms with E-state index >= 15 is 0 Å². The van der Waals surface area contributed by atoms with Gasteiger partial charge in [0.25, 0.3) is 0 Å². The third kappa shape index (κ3) is 8.32. The van der Waals surface area contributed by atoms with Gasteiger partial charge in [0.1, 0.15) is 6.73 Å². The Bertz CT molecular complexity index is 771. The number of ether oxygens (including phenoxy) is 2. The van der Waals surface area contributed by atoms with Gasteiger partial charge in [-0.05, 0) is 69.4 Å². The number of aromatic nitrogens is 2. The smallest absolute Gasteiger partial charge is 0.317 e. The van der Waals surface area contributed by atoms with Crippen molar-refractivity contribution in [2.45, 2.75) is 110 Å². The van der Waals surface area contributed by atoms with Crippen LogP contribution in [-0.4, -0.2) is 67.2 Å². The fourth-order valence-corrected chi connectivity index (χ4v) is 6.32. The van der Waals surface area contributed by atoms with Crippen molar-refractivity contribution in [2.75, 3.05) is 26.3 Å². The van der Waals surface area contributed by atoms with Crippen LogP contribution < -0.4 is 5.32 Å². The number of nitrogens with zero attached hydrogens (tertiary/aromatic N) is 3. The molecule has 2 fully saturated rings. The van der Waals surface area contributed by atoms with E-state index in [2.05, 4.69) is 50.0 Å². The number of piperidine rings is 1. The van der Waals surface area contributed by atoms with Crippen LogP contribution in [0.25, 0.3) is 0 Å². The molecule has 0 aromatic carbocycles. The lowest BCUT2D eigenvalue weighted by atomic mass is 9.80. The monoisotopic (exact) mass is 506 g/mol. The van der Waals surface area contributed by atoms with E-state index in [9.17, 15) is 4.79 Å². The normalized spacial score (nSPS) is 25.7. The van der Waals surface area contributed by atoms with Crippen LogP contribution in [0.4, 0.5) is 4.79 Å². The quantitative estimate of drug-likeness (QED) is 0.309. The molecule has 3 rings (SSSR count). The molecule has 1 aliphatic heterocycles. The standard InChI is InChI=1S/C27H50N4O3Si/c1-7-28-27(32)30-16-8-9-24(25-14-15-29-31(25)20-33-17-18-35(4,5)6)26(30)19-34-23-12-10-22(11-13-23)21(2)3/h14-15,21-24,26H,7-13,16-20H2,1-6H3,(H,28,32)/t22?,23?,24-,26?/m1/s1. The van der Waals surface area contributed by atoms with Gasteiger partial charge in [0.05, 0.1) is 18.8 Å². The highest BCUT2D eigenvalue weighted by Gasteiger charge is 2.38. The van der Waals surface area contributed by atoms with Crippen LogP contribution in [0.1, 0.15) is 70.9 Å². The molecule has 200 valence electrons. The first-order valence-corrected chi connectivity index (χ1v) is 17.7. The number of likely N-dealkylation sites (tertiary alicyclic amines) is 1. The van der Waals surface area contributed by atoms with Gasteiger partial charge in [0.2, 0.25) is 0 Å². The van der Waals surface area contributed by atoms with Gasteiger partial charge in [-0.15, -0.1) is 0 Å². The Hall–Kier alpha value is -1.38. The fourth-order valence-electron chi connectivity index (χ4n) is 5.56. The molecule has 35 heavy (non-hydrogen) atoms. The molecule has 1 unspecified atom stereocenters. The summed E-state index contributed by atoms with van der Waals surface area (Å²) < 4.78 is 14.6. The van der Waals surface area contributed by atoms with E-state index in [1.807, 2.05) is 22.7 Å². The summed E-state index contributed by atoms with van der Waals surface area (Å²) in [6.07, 6.45) is 8.94. The zero-order valence-electron chi connectivity index (χ0n) is 23.1. The average Bonchev–Trinajstić information content (AvgIpc) is 3.28. The Morgan fingerprint density at radius 1 is 1.20 bits per heavy atom. The molecular formula is C27H50N4O3Si. The van der Waals surface area contributed by atoms with Crippen molar-refractivity contribution in [3.63, 3.8) is 0 Å². The number of nitrogens with one attached hydrogen (secondary N) is 1. The molecule has 1 saturated heterocycles. The molecule has 2 heterocycles. The molecule has 0 bridgehead atoms. The highest BCUT2D eigenvalue weighted by atomic mass is 28.3. The lowest BCUT2D eigenvalue weighted by Gasteiger charge is -2.42. The van der Waals surface area contributed by atoms with E-state index in [-0.39, 0.29) is 18.0 Å². The van der Waals surface area contributed by atoms with Crippen LogP contribution in [0.15, 0.2) is 12.3 Å². The Morgan fingerprint density at radius 2 is 1.94 bits per heavy atom. The van der Waals surface area contributed by atoms with Crippen molar-refractivity contribution in [2.24, 2.45) is 11.8 Å². The third-order valence-corrected chi connectivity index (χ3v) is 9.58. The minimum atomic E-state index is -1.13. The molecule has 2 aliphatic rings. The summed E-state index contributed by atoms with van der Waals surface area (Å²) in [5.41, 5.74) is 1.16. The fraction of sp³-hybridized carbons (Fsp3) is 0.852. The van der Waals surface area contributed by atoms with Gasteiger partial charge in [-0.3, -0.25) is 0 Å². The molecule has 2 amide bonds. The number of hydrogen-bond acceptors (Lipinski definition) is 4. The van der Waals surface area contributed by atoms with E-state index in [1.165, 1.54) is 12.8 Å². The Morgan fingerprint density at radius 3 is 2.60 bits per heavy atom. The van der Waals surface area contributed by atoms with Crippen LogP contribution in [-0.2, 0) is 16.2 Å². The van der Waals surface area contributed by atoms with Gasteiger partial charge in [0.15, 0.2) is 0 Å². The van der Waals surface area contributed by atoms with Crippen molar-refractivity contribution in [1.82, 2.24) is 20.0 Å². The number of hydrogen-bond donors (Lipinski definition) is 1. The first kappa shape index (κ1) is 28.2. The van der Waals surface area contributed by atoms with E-state index in [0.717, 1.165) is 62.4 Å². The molecule has 7 nitrogen and oxygen atoms in total. The number of carbonyl (C=O) groups is 1.